The van der Waals surface area contributed by atoms with Crippen LogP contribution in [0.2, 0.25) is 0 Å². The van der Waals surface area contributed by atoms with Crippen LogP contribution in [0, 0.1) is 5.82 Å². The number of benzene rings is 2. The van der Waals surface area contributed by atoms with Crippen LogP contribution in [-0.4, -0.2) is 27.2 Å². The number of hydrogen-bond donors (Lipinski definition) is 0. The highest BCUT2D eigenvalue weighted by atomic mass is 32.2. The standard InChI is InChI=1S/C20H20FN3O2S/c1-4-26-18-10-7-15(13(2)25)11-16(18)12-27-20-23-22-19(24(20)3)14-5-8-17(21)9-6-14/h5-11H,4,12H2,1-3H3. The van der Waals surface area contributed by atoms with Gasteiger partial charge in [0.25, 0.3) is 0 Å². The summed E-state index contributed by atoms with van der Waals surface area (Å²) in [5.74, 6) is 1.74. The van der Waals surface area contributed by atoms with Gasteiger partial charge in [0, 0.05) is 29.5 Å². The minimum Gasteiger partial charge on any atom is -0.494 e. The Morgan fingerprint density at radius 1 is 1.19 bits per heavy atom. The Bertz CT molecular complexity index is 954. The highest BCUT2D eigenvalue weighted by Gasteiger charge is 2.14. The van der Waals surface area contributed by atoms with Gasteiger partial charge in [-0.15, -0.1) is 10.2 Å². The molecule has 0 fully saturated rings. The van der Waals surface area contributed by atoms with Gasteiger partial charge in [0.15, 0.2) is 16.8 Å². The van der Waals surface area contributed by atoms with Crippen LogP contribution in [-0.2, 0) is 12.8 Å². The zero-order valence-electron chi connectivity index (χ0n) is 15.4. The fourth-order valence-corrected chi connectivity index (χ4v) is 3.53. The van der Waals surface area contributed by atoms with E-state index in [0.717, 1.165) is 22.0 Å². The summed E-state index contributed by atoms with van der Waals surface area (Å²) >= 11 is 1.50. The van der Waals surface area contributed by atoms with Crippen LogP contribution in [0.3, 0.4) is 0 Å². The molecular formula is C20H20FN3O2S. The van der Waals surface area contributed by atoms with Gasteiger partial charge in [-0.1, -0.05) is 11.8 Å². The van der Waals surface area contributed by atoms with Gasteiger partial charge >= 0.3 is 0 Å². The van der Waals surface area contributed by atoms with Crippen LogP contribution in [0.1, 0.15) is 29.8 Å². The maximum absolute atomic E-state index is 13.1. The Labute approximate surface area is 161 Å². The first-order chi connectivity index (χ1) is 13.0. The van der Waals surface area contributed by atoms with Gasteiger partial charge in [0.2, 0.25) is 0 Å². The third kappa shape index (κ3) is 4.36. The molecule has 7 heteroatoms. The topological polar surface area (TPSA) is 57.0 Å². The Hall–Kier alpha value is -2.67. The van der Waals surface area contributed by atoms with Crippen molar-refractivity contribution >= 4 is 17.5 Å². The molecule has 0 amide bonds. The van der Waals surface area contributed by atoms with Crippen LogP contribution >= 0.6 is 11.8 Å². The van der Waals surface area contributed by atoms with Gasteiger partial charge in [-0.3, -0.25) is 4.79 Å². The second-order valence-electron chi connectivity index (χ2n) is 5.97. The quantitative estimate of drug-likeness (QED) is 0.442. The largest absolute Gasteiger partial charge is 0.494 e. The molecule has 2 aromatic carbocycles. The number of rotatable bonds is 7. The van der Waals surface area contributed by atoms with Gasteiger partial charge in [-0.25, -0.2) is 4.39 Å². The molecule has 0 unspecified atom stereocenters. The second-order valence-corrected chi connectivity index (χ2v) is 6.91. The van der Waals surface area contributed by atoms with E-state index in [9.17, 15) is 9.18 Å². The first-order valence-electron chi connectivity index (χ1n) is 8.54. The summed E-state index contributed by atoms with van der Waals surface area (Å²) in [5.41, 5.74) is 2.38. The zero-order valence-corrected chi connectivity index (χ0v) is 16.2. The molecule has 0 spiro atoms. The lowest BCUT2D eigenvalue weighted by Crippen LogP contribution is -2.00. The third-order valence-electron chi connectivity index (χ3n) is 4.06. The van der Waals surface area contributed by atoms with Crippen LogP contribution in [0.5, 0.6) is 5.75 Å². The molecule has 0 aliphatic rings. The molecule has 5 nitrogen and oxygen atoms in total. The van der Waals surface area contributed by atoms with Crippen LogP contribution in [0.15, 0.2) is 47.6 Å². The minimum atomic E-state index is -0.288. The summed E-state index contributed by atoms with van der Waals surface area (Å²) in [7, 11) is 1.87. The van der Waals surface area contributed by atoms with E-state index in [1.807, 2.05) is 30.7 Å². The maximum Gasteiger partial charge on any atom is 0.191 e. The van der Waals surface area contributed by atoms with E-state index in [1.54, 1.807) is 25.1 Å². The number of ketones is 1. The molecule has 0 aliphatic carbocycles. The summed E-state index contributed by atoms with van der Waals surface area (Å²) in [6.45, 7) is 4.02. The number of carbonyl (C=O) groups is 1. The van der Waals surface area contributed by atoms with Gasteiger partial charge in [-0.05, 0) is 56.3 Å². The molecule has 0 radical (unpaired) electrons. The number of carbonyl (C=O) groups excluding carboxylic acids is 1. The molecule has 3 aromatic rings. The van der Waals surface area contributed by atoms with Crippen molar-refractivity contribution in [3.8, 4) is 17.1 Å². The molecule has 0 bridgehead atoms. The van der Waals surface area contributed by atoms with Crippen LogP contribution in [0.4, 0.5) is 4.39 Å². The van der Waals surface area contributed by atoms with Crippen molar-refractivity contribution in [3.05, 3.63) is 59.4 Å². The first-order valence-corrected chi connectivity index (χ1v) is 9.53. The van der Waals surface area contributed by atoms with Crippen molar-refractivity contribution in [2.24, 2.45) is 7.05 Å². The normalized spacial score (nSPS) is 10.8. The Balaban J connectivity index is 1.82. The number of ether oxygens (including phenoxy) is 1. The van der Waals surface area contributed by atoms with Crippen molar-refractivity contribution < 1.29 is 13.9 Å². The SMILES string of the molecule is CCOc1ccc(C(C)=O)cc1CSc1nnc(-c2ccc(F)cc2)n1C. The molecule has 1 heterocycles. The fraction of sp³-hybridized carbons (Fsp3) is 0.250. The van der Waals surface area contributed by atoms with Gasteiger partial charge in [0.1, 0.15) is 11.6 Å². The number of aromatic nitrogens is 3. The molecule has 27 heavy (non-hydrogen) atoms. The molecule has 0 aliphatic heterocycles. The summed E-state index contributed by atoms with van der Waals surface area (Å²) < 4.78 is 20.7. The summed E-state index contributed by atoms with van der Waals surface area (Å²) in [6.07, 6.45) is 0. The van der Waals surface area contributed by atoms with Gasteiger partial charge in [-0.2, -0.15) is 0 Å². The smallest absolute Gasteiger partial charge is 0.191 e. The molecule has 140 valence electrons. The van der Waals surface area contributed by atoms with Crippen molar-refractivity contribution in [2.45, 2.75) is 24.8 Å². The van der Waals surface area contributed by atoms with Crippen molar-refractivity contribution in [1.82, 2.24) is 14.8 Å². The van der Waals surface area contributed by atoms with Crippen LogP contribution in [0.25, 0.3) is 11.4 Å². The molecule has 0 N–H and O–H groups in total. The predicted molar refractivity (Wildman–Crippen MR) is 104 cm³/mol. The summed E-state index contributed by atoms with van der Waals surface area (Å²) in [6, 6.07) is 11.6. The van der Waals surface area contributed by atoms with E-state index in [2.05, 4.69) is 10.2 Å². The highest BCUT2D eigenvalue weighted by Crippen LogP contribution is 2.30. The maximum atomic E-state index is 13.1. The number of hydrogen-bond acceptors (Lipinski definition) is 5. The number of nitrogens with zero attached hydrogens (tertiary/aromatic N) is 3. The second kappa shape index (κ2) is 8.35. The highest BCUT2D eigenvalue weighted by molar-refractivity contribution is 7.98. The lowest BCUT2D eigenvalue weighted by molar-refractivity contribution is 0.101. The lowest BCUT2D eigenvalue weighted by atomic mass is 10.1. The first kappa shape index (κ1) is 19.1. The van der Waals surface area contributed by atoms with Gasteiger partial charge < -0.3 is 9.30 Å². The van der Waals surface area contributed by atoms with Crippen molar-refractivity contribution in [2.75, 3.05) is 6.61 Å². The lowest BCUT2D eigenvalue weighted by Gasteiger charge is -2.11. The fourth-order valence-electron chi connectivity index (χ4n) is 2.64. The van der Waals surface area contributed by atoms with Crippen LogP contribution < -0.4 is 4.74 Å². The monoisotopic (exact) mass is 385 g/mol. The van der Waals surface area contributed by atoms with E-state index in [0.29, 0.717) is 23.7 Å². The van der Waals surface area contributed by atoms with E-state index in [-0.39, 0.29) is 11.6 Å². The molecule has 3 rings (SSSR count). The van der Waals surface area contributed by atoms with E-state index in [1.165, 1.54) is 23.9 Å². The predicted octanol–water partition coefficient (Wildman–Crippen LogP) is 4.51. The third-order valence-corrected chi connectivity index (χ3v) is 5.13. The van der Waals surface area contributed by atoms with E-state index in [4.69, 9.17) is 4.74 Å². The van der Waals surface area contributed by atoms with Crippen molar-refractivity contribution in [3.63, 3.8) is 0 Å². The van der Waals surface area contributed by atoms with E-state index >= 15 is 0 Å². The number of thioether (sulfide) groups is 1. The Kier molecular flexibility index (Phi) is 5.91. The zero-order chi connectivity index (χ0) is 19.4. The summed E-state index contributed by atoms with van der Waals surface area (Å²) in [5, 5.41) is 9.18. The minimum absolute atomic E-state index is 0.0153. The summed E-state index contributed by atoms with van der Waals surface area (Å²) in [4.78, 5) is 11.7. The Morgan fingerprint density at radius 2 is 1.93 bits per heavy atom. The molecule has 1 aromatic heterocycles. The average Bonchev–Trinajstić information content (AvgIpc) is 3.02. The molecule has 0 atom stereocenters. The molecule has 0 saturated carbocycles. The average molecular weight is 385 g/mol. The molecular weight excluding hydrogens is 365 g/mol. The molecule has 0 saturated heterocycles. The number of Topliss-reactive ketones (excluding diaryl/α,β-unsaturated/α-hetero) is 1. The Morgan fingerprint density at radius 3 is 2.59 bits per heavy atom. The van der Waals surface area contributed by atoms with Gasteiger partial charge in [0.05, 0.1) is 6.61 Å². The number of halogens is 1. The van der Waals surface area contributed by atoms with Crippen molar-refractivity contribution in [1.29, 1.82) is 0 Å². The van der Waals surface area contributed by atoms with E-state index < -0.39 is 0 Å².